The van der Waals surface area contributed by atoms with E-state index >= 15 is 0 Å². The zero-order chi connectivity index (χ0) is 16.8. The lowest BCUT2D eigenvalue weighted by Gasteiger charge is -2.38. The van der Waals surface area contributed by atoms with Crippen molar-refractivity contribution in [1.29, 1.82) is 0 Å². The maximum Gasteiger partial charge on any atom is 0.251 e. The molecule has 1 heterocycles. The van der Waals surface area contributed by atoms with Crippen LogP contribution in [0.25, 0.3) is 0 Å². The zero-order valence-corrected chi connectivity index (χ0v) is 15.0. The molecule has 0 aliphatic carbocycles. The van der Waals surface area contributed by atoms with Crippen molar-refractivity contribution in [2.24, 2.45) is 11.7 Å². The van der Waals surface area contributed by atoms with Crippen molar-refractivity contribution >= 4 is 27.7 Å². The summed E-state index contributed by atoms with van der Waals surface area (Å²) in [6, 6.07) is 7.27. The minimum absolute atomic E-state index is 0.0726. The van der Waals surface area contributed by atoms with Crippen molar-refractivity contribution in [3.63, 3.8) is 0 Å². The largest absolute Gasteiger partial charge is 0.352 e. The highest BCUT2D eigenvalue weighted by atomic mass is 79.9. The number of piperidine rings is 1. The third kappa shape index (κ3) is 5.04. The van der Waals surface area contributed by atoms with Crippen LogP contribution in [0.5, 0.6) is 0 Å². The highest BCUT2D eigenvalue weighted by molar-refractivity contribution is 9.10. The molecule has 126 valence electrons. The molecule has 5 nitrogen and oxygen atoms in total. The van der Waals surface area contributed by atoms with Crippen LogP contribution in [0, 0.1) is 5.92 Å². The van der Waals surface area contributed by atoms with E-state index in [9.17, 15) is 9.59 Å². The molecule has 1 saturated heterocycles. The molecule has 3 N–H and O–H groups in total. The molecule has 0 bridgehead atoms. The van der Waals surface area contributed by atoms with Gasteiger partial charge in [0.05, 0.1) is 0 Å². The molecule has 1 aliphatic heterocycles. The minimum atomic E-state index is -0.159. The first-order valence-electron chi connectivity index (χ1n) is 8.04. The fourth-order valence-corrected chi connectivity index (χ4v) is 3.20. The van der Waals surface area contributed by atoms with Gasteiger partial charge in [-0.3, -0.25) is 9.59 Å². The van der Waals surface area contributed by atoms with Gasteiger partial charge in [-0.15, -0.1) is 0 Å². The first-order valence-corrected chi connectivity index (χ1v) is 8.84. The lowest BCUT2D eigenvalue weighted by molar-refractivity contribution is -0.135. The number of hydrogen-bond donors (Lipinski definition) is 2. The van der Waals surface area contributed by atoms with Crippen molar-refractivity contribution < 1.29 is 9.59 Å². The molecule has 2 amide bonds. The Hall–Kier alpha value is -1.40. The number of carbonyl (C=O) groups excluding carboxylic acids is 2. The molecular weight excluding hydrogens is 358 g/mol. The fraction of sp³-hybridized carbons (Fsp3) is 0.529. The zero-order valence-electron chi connectivity index (χ0n) is 13.4. The average Bonchev–Trinajstić information content (AvgIpc) is 2.55. The van der Waals surface area contributed by atoms with Crippen LogP contribution in [0.2, 0.25) is 0 Å². The predicted molar refractivity (Wildman–Crippen MR) is 94.0 cm³/mol. The van der Waals surface area contributed by atoms with Gasteiger partial charge < -0.3 is 16.0 Å². The van der Waals surface area contributed by atoms with Crippen LogP contribution in [0.15, 0.2) is 28.7 Å². The smallest absolute Gasteiger partial charge is 0.251 e. The number of benzene rings is 1. The molecule has 0 spiro atoms. The minimum Gasteiger partial charge on any atom is -0.352 e. The van der Waals surface area contributed by atoms with E-state index in [1.165, 1.54) is 0 Å². The summed E-state index contributed by atoms with van der Waals surface area (Å²) in [5.74, 6) is 0.529. The van der Waals surface area contributed by atoms with Crippen LogP contribution < -0.4 is 11.1 Å². The molecule has 1 aromatic carbocycles. The standard InChI is InChI=1S/C17H24BrN3O2/c1-12-7-9-21(15(10-12)11-19)16(22)6-8-20-17(23)13-2-4-14(18)5-3-13/h2-5,12,15H,6-11,19H2,1H3,(H,20,23). The van der Waals surface area contributed by atoms with Crippen molar-refractivity contribution in [1.82, 2.24) is 10.2 Å². The Bertz CT molecular complexity index is 547. The topological polar surface area (TPSA) is 75.4 Å². The Morgan fingerprint density at radius 2 is 2.04 bits per heavy atom. The summed E-state index contributed by atoms with van der Waals surface area (Å²) < 4.78 is 0.927. The third-order valence-corrected chi connectivity index (χ3v) is 4.83. The number of rotatable bonds is 5. The van der Waals surface area contributed by atoms with Gasteiger partial charge in [-0.1, -0.05) is 22.9 Å². The van der Waals surface area contributed by atoms with Gasteiger partial charge in [-0.05, 0) is 43.0 Å². The van der Waals surface area contributed by atoms with Crippen LogP contribution in [-0.2, 0) is 4.79 Å². The molecular formula is C17H24BrN3O2. The number of nitrogens with one attached hydrogen (secondary N) is 1. The Balaban J connectivity index is 1.80. The second-order valence-electron chi connectivity index (χ2n) is 6.12. The van der Waals surface area contributed by atoms with Crippen LogP contribution in [-0.4, -0.2) is 42.4 Å². The molecule has 2 atom stereocenters. The van der Waals surface area contributed by atoms with E-state index in [2.05, 4.69) is 28.2 Å². The molecule has 1 aromatic rings. The van der Waals surface area contributed by atoms with Gasteiger partial charge in [-0.2, -0.15) is 0 Å². The molecule has 6 heteroatoms. The monoisotopic (exact) mass is 381 g/mol. The fourth-order valence-electron chi connectivity index (χ4n) is 2.93. The number of carbonyl (C=O) groups is 2. The van der Waals surface area contributed by atoms with Crippen molar-refractivity contribution in [3.8, 4) is 0 Å². The van der Waals surface area contributed by atoms with Crippen molar-refractivity contribution in [3.05, 3.63) is 34.3 Å². The predicted octanol–water partition coefficient (Wildman–Crippen LogP) is 2.15. The Labute approximate surface area is 145 Å². The summed E-state index contributed by atoms with van der Waals surface area (Å²) in [6.45, 7) is 3.81. The van der Waals surface area contributed by atoms with Crippen molar-refractivity contribution in [2.45, 2.75) is 32.2 Å². The number of nitrogens with zero attached hydrogens (tertiary/aromatic N) is 1. The summed E-state index contributed by atoms with van der Waals surface area (Å²) in [6.07, 6.45) is 2.30. The van der Waals surface area contributed by atoms with Crippen LogP contribution in [0.1, 0.15) is 36.5 Å². The van der Waals surface area contributed by atoms with Gasteiger partial charge in [0.2, 0.25) is 5.91 Å². The van der Waals surface area contributed by atoms with Crippen LogP contribution in [0.3, 0.4) is 0 Å². The second-order valence-corrected chi connectivity index (χ2v) is 7.03. The molecule has 1 aliphatic rings. The SMILES string of the molecule is CC1CCN(C(=O)CCNC(=O)c2ccc(Br)cc2)C(CN)C1. The molecule has 0 saturated carbocycles. The molecule has 0 radical (unpaired) electrons. The highest BCUT2D eigenvalue weighted by Gasteiger charge is 2.28. The van der Waals surface area contributed by atoms with E-state index in [1.807, 2.05) is 17.0 Å². The quantitative estimate of drug-likeness (QED) is 0.820. The van der Waals surface area contributed by atoms with Crippen LogP contribution in [0.4, 0.5) is 0 Å². The lowest BCUT2D eigenvalue weighted by atomic mass is 9.92. The Morgan fingerprint density at radius 3 is 2.70 bits per heavy atom. The van der Waals surface area contributed by atoms with Gasteiger partial charge in [-0.25, -0.2) is 0 Å². The molecule has 0 aromatic heterocycles. The van der Waals surface area contributed by atoms with Crippen LogP contribution >= 0.6 is 15.9 Å². The molecule has 1 fully saturated rings. The van der Waals surface area contributed by atoms with E-state index in [0.29, 0.717) is 31.0 Å². The average molecular weight is 382 g/mol. The summed E-state index contributed by atoms with van der Waals surface area (Å²) in [7, 11) is 0. The second kappa shape index (κ2) is 8.45. The van der Waals surface area contributed by atoms with Gasteiger partial charge >= 0.3 is 0 Å². The van der Waals surface area contributed by atoms with Gasteiger partial charge in [0, 0.05) is 42.1 Å². The van der Waals surface area contributed by atoms with Crippen molar-refractivity contribution in [2.75, 3.05) is 19.6 Å². The summed E-state index contributed by atoms with van der Waals surface area (Å²) in [4.78, 5) is 26.2. The first-order chi connectivity index (χ1) is 11.0. The van der Waals surface area contributed by atoms with E-state index in [0.717, 1.165) is 23.9 Å². The number of halogens is 1. The van der Waals surface area contributed by atoms with Gasteiger partial charge in [0.1, 0.15) is 0 Å². The van der Waals surface area contributed by atoms with E-state index < -0.39 is 0 Å². The summed E-state index contributed by atoms with van der Waals surface area (Å²) >= 11 is 3.33. The first kappa shape index (κ1) is 17.9. The van der Waals surface area contributed by atoms with E-state index in [1.54, 1.807) is 12.1 Å². The Kier molecular flexibility index (Phi) is 6.59. The molecule has 2 unspecified atom stereocenters. The number of likely N-dealkylation sites (tertiary alicyclic amines) is 1. The number of hydrogen-bond acceptors (Lipinski definition) is 3. The Morgan fingerprint density at radius 1 is 1.35 bits per heavy atom. The van der Waals surface area contributed by atoms with E-state index in [-0.39, 0.29) is 17.9 Å². The lowest BCUT2D eigenvalue weighted by Crippen LogP contribution is -2.49. The number of amides is 2. The van der Waals surface area contributed by atoms with Gasteiger partial charge in [0.25, 0.3) is 5.91 Å². The highest BCUT2D eigenvalue weighted by Crippen LogP contribution is 2.22. The van der Waals surface area contributed by atoms with E-state index in [4.69, 9.17) is 5.73 Å². The summed E-state index contributed by atoms with van der Waals surface area (Å²) in [5.41, 5.74) is 6.38. The van der Waals surface area contributed by atoms with Gasteiger partial charge in [0.15, 0.2) is 0 Å². The maximum atomic E-state index is 12.3. The normalized spacial score (nSPS) is 21.1. The maximum absolute atomic E-state index is 12.3. The number of nitrogens with two attached hydrogens (primary N) is 1. The molecule has 2 rings (SSSR count). The molecule has 23 heavy (non-hydrogen) atoms. The third-order valence-electron chi connectivity index (χ3n) is 4.30. The summed E-state index contributed by atoms with van der Waals surface area (Å²) in [5, 5.41) is 2.80.